The molecule has 1 heterocycles. The van der Waals surface area contributed by atoms with Crippen LogP contribution in [0, 0.1) is 0 Å². The molecule has 4 nitrogen and oxygen atoms in total. The SMILES string of the molecule is O=C(c1ccc(C(F)(F)F)cc1)N1CCN(C(=O)c2ccc(Cl)c(Cl)c2)CC1. The van der Waals surface area contributed by atoms with Gasteiger partial charge in [-0.1, -0.05) is 23.2 Å². The van der Waals surface area contributed by atoms with E-state index in [0.717, 1.165) is 12.1 Å². The van der Waals surface area contributed by atoms with E-state index in [0.29, 0.717) is 23.7 Å². The second kappa shape index (κ2) is 8.01. The lowest BCUT2D eigenvalue weighted by atomic mass is 10.1. The molecule has 0 saturated carbocycles. The second-order valence-electron chi connectivity index (χ2n) is 6.29. The van der Waals surface area contributed by atoms with E-state index in [-0.39, 0.29) is 35.5 Å². The van der Waals surface area contributed by atoms with Gasteiger partial charge >= 0.3 is 6.18 Å². The van der Waals surface area contributed by atoms with Gasteiger partial charge in [0.05, 0.1) is 15.6 Å². The fourth-order valence-corrected chi connectivity index (χ4v) is 3.21. The van der Waals surface area contributed by atoms with Crippen molar-refractivity contribution in [2.75, 3.05) is 26.2 Å². The molecule has 2 amide bonds. The average molecular weight is 431 g/mol. The Hall–Kier alpha value is -2.25. The van der Waals surface area contributed by atoms with Crippen LogP contribution < -0.4 is 0 Å². The summed E-state index contributed by atoms with van der Waals surface area (Å²) >= 11 is 11.8. The minimum absolute atomic E-state index is 0.178. The monoisotopic (exact) mass is 430 g/mol. The summed E-state index contributed by atoms with van der Waals surface area (Å²) in [5.41, 5.74) is -0.227. The molecule has 0 aromatic heterocycles. The molecule has 2 aromatic carbocycles. The van der Waals surface area contributed by atoms with Crippen molar-refractivity contribution in [1.82, 2.24) is 9.80 Å². The minimum Gasteiger partial charge on any atom is -0.335 e. The van der Waals surface area contributed by atoms with Gasteiger partial charge in [-0.15, -0.1) is 0 Å². The van der Waals surface area contributed by atoms with Crippen molar-refractivity contribution in [1.29, 1.82) is 0 Å². The van der Waals surface area contributed by atoms with Gasteiger partial charge in [0, 0.05) is 37.3 Å². The molecule has 0 spiro atoms. The Morgan fingerprint density at radius 3 is 1.68 bits per heavy atom. The number of piperazine rings is 1. The van der Waals surface area contributed by atoms with Gasteiger partial charge in [0.2, 0.25) is 0 Å². The molecule has 0 aliphatic carbocycles. The molecular weight excluding hydrogens is 416 g/mol. The van der Waals surface area contributed by atoms with Crippen LogP contribution in [0.25, 0.3) is 0 Å². The molecule has 2 aromatic rings. The lowest BCUT2D eigenvalue weighted by Crippen LogP contribution is -2.50. The van der Waals surface area contributed by atoms with Gasteiger partial charge in [0.1, 0.15) is 0 Å². The number of benzene rings is 2. The molecular formula is C19H15Cl2F3N2O2. The maximum Gasteiger partial charge on any atom is 0.416 e. The van der Waals surface area contributed by atoms with Crippen molar-refractivity contribution in [2.45, 2.75) is 6.18 Å². The van der Waals surface area contributed by atoms with E-state index in [1.165, 1.54) is 23.1 Å². The number of nitrogens with zero attached hydrogens (tertiary/aromatic N) is 2. The molecule has 3 rings (SSSR count). The maximum atomic E-state index is 12.6. The predicted molar refractivity (Wildman–Crippen MR) is 99.7 cm³/mol. The topological polar surface area (TPSA) is 40.6 Å². The van der Waals surface area contributed by atoms with Crippen molar-refractivity contribution >= 4 is 35.0 Å². The lowest BCUT2D eigenvalue weighted by Gasteiger charge is -2.35. The van der Waals surface area contributed by atoms with Crippen LogP contribution in [-0.4, -0.2) is 47.8 Å². The molecule has 9 heteroatoms. The number of rotatable bonds is 2. The van der Waals surface area contributed by atoms with Crippen molar-refractivity contribution in [3.8, 4) is 0 Å². The number of amides is 2. The van der Waals surface area contributed by atoms with Crippen molar-refractivity contribution in [3.63, 3.8) is 0 Å². The van der Waals surface area contributed by atoms with Crippen LogP contribution >= 0.6 is 23.2 Å². The summed E-state index contributed by atoms with van der Waals surface area (Å²) in [7, 11) is 0. The molecule has 1 saturated heterocycles. The quantitative estimate of drug-likeness (QED) is 0.697. The van der Waals surface area contributed by atoms with E-state index >= 15 is 0 Å². The molecule has 148 valence electrons. The summed E-state index contributed by atoms with van der Waals surface area (Å²) < 4.78 is 37.9. The normalized spacial score (nSPS) is 14.9. The first-order valence-corrected chi connectivity index (χ1v) is 9.13. The van der Waals surface area contributed by atoms with Crippen LogP contribution in [0.3, 0.4) is 0 Å². The van der Waals surface area contributed by atoms with Crippen LogP contribution in [-0.2, 0) is 6.18 Å². The van der Waals surface area contributed by atoms with Crippen molar-refractivity contribution in [2.24, 2.45) is 0 Å². The number of carbonyl (C=O) groups excluding carboxylic acids is 2. The molecule has 1 fully saturated rings. The molecule has 1 aliphatic rings. The van der Waals surface area contributed by atoms with Gasteiger partial charge in [-0.2, -0.15) is 13.2 Å². The highest BCUT2D eigenvalue weighted by molar-refractivity contribution is 6.42. The number of hydrogen-bond donors (Lipinski definition) is 0. The summed E-state index contributed by atoms with van der Waals surface area (Å²) in [5, 5.41) is 0.633. The van der Waals surface area contributed by atoms with Crippen LogP contribution in [0.5, 0.6) is 0 Å². The van der Waals surface area contributed by atoms with Gasteiger partial charge in [-0.25, -0.2) is 0 Å². The molecule has 0 bridgehead atoms. The molecule has 1 aliphatic heterocycles. The number of halogens is 5. The number of carbonyl (C=O) groups is 2. The van der Waals surface area contributed by atoms with Crippen molar-refractivity contribution in [3.05, 3.63) is 69.2 Å². The largest absolute Gasteiger partial charge is 0.416 e. The number of hydrogen-bond acceptors (Lipinski definition) is 2. The Kier molecular flexibility index (Phi) is 5.86. The fraction of sp³-hybridized carbons (Fsp3) is 0.263. The molecule has 0 radical (unpaired) electrons. The van der Waals surface area contributed by atoms with Gasteiger partial charge in [-0.3, -0.25) is 9.59 Å². The third kappa shape index (κ3) is 4.42. The molecule has 0 unspecified atom stereocenters. The summed E-state index contributed by atoms with van der Waals surface area (Å²) in [4.78, 5) is 28.2. The Bertz CT molecular complexity index is 893. The Morgan fingerprint density at radius 2 is 1.21 bits per heavy atom. The smallest absolute Gasteiger partial charge is 0.335 e. The third-order valence-corrected chi connectivity index (χ3v) is 5.22. The average Bonchev–Trinajstić information content (AvgIpc) is 2.68. The van der Waals surface area contributed by atoms with Crippen LogP contribution in [0.4, 0.5) is 13.2 Å². The highest BCUT2D eigenvalue weighted by Crippen LogP contribution is 2.29. The van der Waals surface area contributed by atoms with Gasteiger partial charge in [-0.05, 0) is 42.5 Å². The summed E-state index contributed by atoms with van der Waals surface area (Å²) in [6.07, 6.45) is -4.45. The van der Waals surface area contributed by atoms with Gasteiger partial charge < -0.3 is 9.80 Å². The maximum absolute atomic E-state index is 12.6. The molecule has 0 atom stereocenters. The van der Waals surface area contributed by atoms with E-state index in [1.807, 2.05) is 0 Å². The first-order valence-electron chi connectivity index (χ1n) is 8.37. The standard InChI is InChI=1S/C19H15Cl2F3N2O2/c20-15-6-3-13(11-16(15)21)18(28)26-9-7-25(8-10-26)17(27)12-1-4-14(5-2-12)19(22,23)24/h1-6,11H,7-10H2. The lowest BCUT2D eigenvalue weighted by molar-refractivity contribution is -0.137. The summed E-state index contributed by atoms with van der Waals surface area (Å²) in [5.74, 6) is -0.587. The Morgan fingerprint density at radius 1 is 0.750 bits per heavy atom. The predicted octanol–water partition coefficient (Wildman–Crippen LogP) is 4.61. The fourth-order valence-electron chi connectivity index (χ4n) is 2.91. The van der Waals surface area contributed by atoms with Crippen molar-refractivity contribution < 1.29 is 22.8 Å². The highest BCUT2D eigenvalue weighted by atomic mass is 35.5. The zero-order valence-corrected chi connectivity index (χ0v) is 16.0. The van der Waals surface area contributed by atoms with Gasteiger partial charge in [0.15, 0.2) is 0 Å². The van der Waals surface area contributed by atoms with E-state index < -0.39 is 11.7 Å². The molecule has 0 N–H and O–H groups in total. The van der Waals surface area contributed by atoms with Crippen LogP contribution in [0.15, 0.2) is 42.5 Å². The van der Waals surface area contributed by atoms with Crippen LogP contribution in [0.2, 0.25) is 10.0 Å². The molecule has 28 heavy (non-hydrogen) atoms. The first kappa shape index (κ1) is 20.5. The Balaban J connectivity index is 1.62. The second-order valence-corrected chi connectivity index (χ2v) is 7.10. The van der Waals surface area contributed by atoms with E-state index in [1.54, 1.807) is 17.0 Å². The van der Waals surface area contributed by atoms with E-state index in [9.17, 15) is 22.8 Å². The minimum atomic E-state index is -4.45. The van der Waals surface area contributed by atoms with Crippen LogP contribution in [0.1, 0.15) is 26.3 Å². The van der Waals surface area contributed by atoms with Gasteiger partial charge in [0.25, 0.3) is 11.8 Å². The first-order chi connectivity index (χ1) is 13.2. The third-order valence-electron chi connectivity index (χ3n) is 4.48. The number of alkyl halides is 3. The zero-order valence-electron chi connectivity index (χ0n) is 14.5. The van der Waals surface area contributed by atoms with E-state index in [2.05, 4.69) is 0 Å². The van der Waals surface area contributed by atoms with E-state index in [4.69, 9.17) is 23.2 Å². The summed E-state index contributed by atoms with van der Waals surface area (Å²) in [6.45, 7) is 1.19. The summed E-state index contributed by atoms with van der Waals surface area (Å²) in [6, 6.07) is 8.72. The zero-order chi connectivity index (χ0) is 20.5. The highest BCUT2D eigenvalue weighted by Gasteiger charge is 2.31. The Labute approximate surface area is 169 Å².